The third-order valence-electron chi connectivity index (χ3n) is 5.14. The molecule has 194 valence electrons. The van der Waals surface area contributed by atoms with E-state index in [2.05, 4.69) is 80.8 Å². The fourth-order valence-corrected chi connectivity index (χ4v) is 3.61. The summed E-state index contributed by atoms with van der Waals surface area (Å²) in [6.45, 7) is 15.0. The van der Waals surface area contributed by atoms with Gasteiger partial charge in [-0.1, -0.05) is 110 Å². The molecule has 0 amide bonds. The highest BCUT2D eigenvalue weighted by molar-refractivity contribution is 7.15. The molecule has 0 radical (unpaired) electrons. The number of hydrogen-bond donors (Lipinski definition) is 0. The molecule has 0 aliphatic carbocycles. The van der Waals surface area contributed by atoms with Gasteiger partial charge in [0.2, 0.25) is 0 Å². The van der Waals surface area contributed by atoms with Gasteiger partial charge in [-0.2, -0.15) is 0 Å². The lowest BCUT2D eigenvalue weighted by atomic mass is 10.0. The van der Waals surface area contributed by atoms with Gasteiger partial charge in [-0.3, -0.25) is 0 Å². The van der Waals surface area contributed by atoms with Crippen LogP contribution < -0.4 is 0 Å². The lowest BCUT2D eigenvalue weighted by molar-refractivity contribution is 0.631. The number of benzene rings is 2. The number of nitrogens with zero attached hydrogens (tertiary/aromatic N) is 3. The van der Waals surface area contributed by atoms with Crippen molar-refractivity contribution in [2.45, 2.75) is 80.1 Å². The molecule has 2 aromatic carbocycles. The van der Waals surface area contributed by atoms with Crippen LogP contribution in [-0.4, -0.2) is 15.0 Å². The lowest BCUT2D eigenvalue weighted by Crippen LogP contribution is -1.88. The van der Waals surface area contributed by atoms with Crippen LogP contribution in [0.3, 0.4) is 0 Å². The molecule has 4 aromatic rings. The normalized spacial score (nSPS) is 9.81. The van der Waals surface area contributed by atoms with Crippen molar-refractivity contribution < 1.29 is 4.39 Å². The molecule has 0 saturated carbocycles. The molecular weight excluding hydrogens is 465 g/mol. The summed E-state index contributed by atoms with van der Waals surface area (Å²) in [7, 11) is 0. The summed E-state index contributed by atoms with van der Waals surface area (Å²) in [5.74, 6) is 0.384. The van der Waals surface area contributed by atoms with E-state index in [4.69, 9.17) is 0 Å². The number of rotatable bonds is 5. The molecule has 2 heterocycles. The van der Waals surface area contributed by atoms with E-state index < -0.39 is 0 Å². The number of aromatic nitrogens is 3. The van der Waals surface area contributed by atoms with Crippen LogP contribution in [0.1, 0.15) is 83.7 Å². The van der Waals surface area contributed by atoms with Crippen molar-refractivity contribution >= 4 is 11.3 Å². The van der Waals surface area contributed by atoms with Crippen LogP contribution in [0.2, 0.25) is 0 Å². The molecule has 36 heavy (non-hydrogen) atoms. The van der Waals surface area contributed by atoms with Crippen LogP contribution in [0.25, 0.3) is 21.8 Å². The summed E-state index contributed by atoms with van der Waals surface area (Å²) in [6.07, 6.45) is 8.43. The Labute approximate surface area is 221 Å². The summed E-state index contributed by atoms with van der Waals surface area (Å²) >= 11 is 1.50. The molecule has 0 N–H and O–H groups in total. The Morgan fingerprint density at radius 2 is 1.39 bits per heavy atom. The molecule has 5 heteroatoms. The van der Waals surface area contributed by atoms with Gasteiger partial charge in [0.15, 0.2) is 0 Å². The second-order valence-corrected chi connectivity index (χ2v) is 9.75. The van der Waals surface area contributed by atoms with Crippen molar-refractivity contribution in [1.29, 1.82) is 0 Å². The number of thiazole rings is 1. The maximum Gasteiger partial charge on any atom is 0.132 e. The molecule has 0 aliphatic heterocycles. The Morgan fingerprint density at radius 1 is 0.806 bits per heavy atom. The maximum atomic E-state index is 13.9. The predicted molar refractivity (Wildman–Crippen MR) is 155 cm³/mol. The van der Waals surface area contributed by atoms with Gasteiger partial charge in [0, 0.05) is 11.8 Å². The Bertz CT molecular complexity index is 1070. The molecule has 0 unspecified atom stereocenters. The molecular formula is C31H42FN3S. The average Bonchev–Trinajstić information content (AvgIpc) is 3.32. The summed E-state index contributed by atoms with van der Waals surface area (Å²) in [4.78, 5) is 13.4. The first-order valence-corrected chi connectivity index (χ1v) is 13.7. The van der Waals surface area contributed by atoms with E-state index in [0.29, 0.717) is 17.2 Å². The zero-order chi connectivity index (χ0) is 26.8. The molecule has 2 aromatic heterocycles. The van der Waals surface area contributed by atoms with Crippen molar-refractivity contribution in [3.63, 3.8) is 0 Å². The fourth-order valence-electron chi connectivity index (χ4n) is 2.70. The first-order chi connectivity index (χ1) is 17.4. The van der Waals surface area contributed by atoms with E-state index >= 15 is 0 Å². The largest absolute Gasteiger partial charge is 0.245 e. The minimum absolute atomic E-state index is 0.275. The summed E-state index contributed by atoms with van der Waals surface area (Å²) in [5.41, 5.74) is 3.32. The molecule has 0 atom stereocenters. The van der Waals surface area contributed by atoms with Gasteiger partial charge in [-0.05, 0) is 36.6 Å². The second kappa shape index (κ2) is 18.4. The van der Waals surface area contributed by atoms with E-state index in [-0.39, 0.29) is 5.82 Å². The summed E-state index contributed by atoms with van der Waals surface area (Å²) in [6, 6.07) is 19.0. The highest BCUT2D eigenvalue weighted by Gasteiger charge is 2.16. The van der Waals surface area contributed by atoms with E-state index in [0.717, 1.165) is 15.6 Å². The van der Waals surface area contributed by atoms with Gasteiger partial charge in [-0.25, -0.2) is 19.3 Å². The van der Waals surface area contributed by atoms with Crippen molar-refractivity contribution in [2.75, 3.05) is 0 Å². The van der Waals surface area contributed by atoms with Crippen LogP contribution >= 0.6 is 11.3 Å². The van der Waals surface area contributed by atoms with Gasteiger partial charge in [0.05, 0.1) is 21.3 Å². The maximum absolute atomic E-state index is 13.9. The molecule has 0 bridgehead atoms. The monoisotopic (exact) mass is 507 g/mol. The molecule has 0 aliphatic rings. The van der Waals surface area contributed by atoms with Gasteiger partial charge in [-0.15, -0.1) is 11.3 Å². The quantitative estimate of drug-likeness (QED) is 0.270. The fraction of sp³-hybridized carbons (Fsp3) is 0.387. The SMILES string of the molecule is CC(C)c1ccccc1.CCCC.CCCC.Cc1nc(-c2ccccc2F)c(-c2ccncn2)s1. The minimum atomic E-state index is -0.275. The number of hydrogen-bond acceptors (Lipinski definition) is 4. The average molecular weight is 508 g/mol. The number of halogens is 1. The van der Waals surface area contributed by atoms with Crippen LogP contribution in [-0.2, 0) is 0 Å². The van der Waals surface area contributed by atoms with Gasteiger partial charge in [0.1, 0.15) is 12.1 Å². The Hall–Kier alpha value is -2.92. The third-order valence-corrected chi connectivity index (χ3v) is 6.14. The molecule has 0 saturated heterocycles. The number of aryl methyl sites for hydroxylation is 1. The van der Waals surface area contributed by atoms with Crippen molar-refractivity contribution in [3.8, 4) is 21.8 Å². The molecule has 3 nitrogen and oxygen atoms in total. The van der Waals surface area contributed by atoms with E-state index in [1.54, 1.807) is 30.5 Å². The van der Waals surface area contributed by atoms with Crippen LogP contribution in [0.5, 0.6) is 0 Å². The van der Waals surface area contributed by atoms with Gasteiger partial charge >= 0.3 is 0 Å². The summed E-state index contributed by atoms with van der Waals surface area (Å²) in [5, 5.41) is 0.881. The zero-order valence-electron chi connectivity index (χ0n) is 23.0. The highest BCUT2D eigenvalue weighted by Crippen LogP contribution is 2.36. The lowest BCUT2D eigenvalue weighted by Gasteiger charge is -2.02. The Balaban J connectivity index is 0.000000316. The molecule has 0 fully saturated rings. The van der Waals surface area contributed by atoms with Crippen molar-refractivity contribution in [3.05, 3.63) is 89.6 Å². The molecule has 4 rings (SSSR count). The standard InChI is InChI=1S/C14H10FN3S.C9H12.2C4H10/c1-9-18-13(10-4-2-3-5-11(10)15)14(19-9)12-6-7-16-8-17-12;1-8(2)9-6-4-3-5-7-9;2*1-3-4-2/h2-8H,1H3;3-8H,1-2H3;2*3-4H2,1-2H3. The van der Waals surface area contributed by atoms with E-state index in [9.17, 15) is 4.39 Å². The second-order valence-electron chi connectivity index (χ2n) is 8.55. The molecule has 0 spiro atoms. The number of unbranched alkanes of at least 4 members (excludes halogenated alkanes) is 2. The van der Waals surface area contributed by atoms with Crippen molar-refractivity contribution in [2.24, 2.45) is 0 Å². The third kappa shape index (κ3) is 11.2. The minimum Gasteiger partial charge on any atom is -0.245 e. The van der Waals surface area contributed by atoms with Crippen molar-refractivity contribution in [1.82, 2.24) is 15.0 Å². The van der Waals surface area contributed by atoms with Crippen LogP contribution in [0, 0.1) is 12.7 Å². The first-order valence-electron chi connectivity index (χ1n) is 12.9. The highest BCUT2D eigenvalue weighted by atomic mass is 32.1. The van der Waals surface area contributed by atoms with Gasteiger partial charge in [0.25, 0.3) is 0 Å². The summed E-state index contributed by atoms with van der Waals surface area (Å²) < 4.78 is 13.9. The van der Waals surface area contributed by atoms with E-state index in [1.807, 2.05) is 13.0 Å². The van der Waals surface area contributed by atoms with Gasteiger partial charge < -0.3 is 0 Å². The Morgan fingerprint density at radius 3 is 1.86 bits per heavy atom. The predicted octanol–water partition coefficient (Wildman–Crippen LogP) is 10.1. The Kier molecular flexibility index (Phi) is 15.9. The van der Waals surface area contributed by atoms with Crippen LogP contribution in [0.15, 0.2) is 73.2 Å². The smallest absolute Gasteiger partial charge is 0.132 e. The zero-order valence-corrected chi connectivity index (χ0v) is 23.8. The topological polar surface area (TPSA) is 38.7 Å². The van der Waals surface area contributed by atoms with Crippen LogP contribution in [0.4, 0.5) is 4.39 Å². The van der Waals surface area contributed by atoms with E-state index in [1.165, 1.54) is 55.0 Å². The first kappa shape index (κ1) is 31.1.